The second-order valence-corrected chi connectivity index (χ2v) is 5.63. The molecule has 1 saturated carbocycles. The summed E-state index contributed by atoms with van der Waals surface area (Å²) < 4.78 is 10.9. The minimum atomic E-state index is -0.0178. The monoisotopic (exact) mass is 308 g/mol. The highest BCUT2D eigenvalue weighted by Gasteiger charge is 2.32. The predicted molar refractivity (Wildman–Crippen MR) is 78.5 cm³/mol. The van der Waals surface area contributed by atoms with E-state index in [1.807, 2.05) is 26.0 Å². The van der Waals surface area contributed by atoms with Gasteiger partial charge in [-0.15, -0.1) is 0 Å². The fraction of sp³-hybridized carbons (Fsp3) is 0.500. The number of furan rings is 1. The van der Waals surface area contributed by atoms with Gasteiger partial charge in [-0.25, -0.2) is 0 Å². The molecule has 3 rings (SSSR count). The van der Waals surface area contributed by atoms with Crippen LogP contribution in [0.3, 0.4) is 0 Å². The van der Waals surface area contributed by atoms with E-state index in [4.69, 9.17) is 20.8 Å². The minimum absolute atomic E-state index is 0.0178. The summed E-state index contributed by atoms with van der Waals surface area (Å²) in [5.41, 5.74) is 0. The summed E-state index contributed by atoms with van der Waals surface area (Å²) in [5, 5.41) is 0.140. The normalized spacial score (nSPS) is 14.5. The highest BCUT2D eigenvalue weighted by molar-refractivity contribution is 6.28. The molecule has 21 heavy (non-hydrogen) atoms. The SMILES string of the molecule is CC(C)Oc1nc(Cl)nc(N(Cc2ccco2)C2CC2)n1. The number of halogens is 1. The van der Waals surface area contributed by atoms with E-state index in [1.165, 1.54) is 0 Å². The molecule has 0 unspecified atom stereocenters. The maximum absolute atomic E-state index is 5.99. The molecule has 0 aliphatic heterocycles. The molecule has 1 aliphatic rings. The molecule has 112 valence electrons. The van der Waals surface area contributed by atoms with Crippen LogP contribution in [0.1, 0.15) is 32.4 Å². The molecule has 2 aromatic heterocycles. The first-order chi connectivity index (χ1) is 10.1. The Labute approximate surface area is 128 Å². The Kier molecular flexibility index (Phi) is 3.96. The molecule has 6 nitrogen and oxygen atoms in total. The Balaban J connectivity index is 1.86. The first-order valence-electron chi connectivity index (χ1n) is 6.99. The van der Waals surface area contributed by atoms with E-state index in [1.54, 1.807) is 6.26 Å². The van der Waals surface area contributed by atoms with Crippen LogP contribution in [0.5, 0.6) is 6.01 Å². The molecule has 1 fully saturated rings. The van der Waals surface area contributed by atoms with Crippen molar-refractivity contribution in [3.63, 3.8) is 0 Å². The number of aromatic nitrogens is 3. The Hall–Kier alpha value is -1.82. The molecule has 0 amide bonds. The molecule has 0 saturated heterocycles. The zero-order valence-electron chi connectivity index (χ0n) is 12.0. The quantitative estimate of drug-likeness (QED) is 0.817. The third-order valence-corrected chi connectivity index (χ3v) is 3.24. The van der Waals surface area contributed by atoms with Crippen molar-refractivity contribution < 1.29 is 9.15 Å². The van der Waals surface area contributed by atoms with Gasteiger partial charge in [0.2, 0.25) is 11.2 Å². The van der Waals surface area contributed by atoms with Crippen LogP contribution in [0.25, 0.3) is 0 Å². The lowest BCUT2D eigenvalue weighted by atomic mass is 10.4. The molecule has 0 spiro atoms. The van der Waals surface area contributed by atoms with Crippen molar-refractivity contribution in [2.24, 2.45) is 0 Å². The van der Waals surface area contributed by atoms with Crippen molar-refractivity contribution in [1.29, 1.82) is 0 Å². The fourth-order valence-corrected chi connectivity index (χ4v) is 2.18. The van der Waals surface area contributed by atoms with Crippen molar-refractivity contribution in [3.05, 3.63) is 29.4 Å². The number of hydrogen-bond donors (Lipinski definition) is 0. The van der Waals surface area contributed by atoms with Gasteiger partial charge in [-0.1, -0.05) is 0 Å². The third kappa shape index (κ3) is 3.64. The lowest BCUT2D eigenvalue weighted by Gasteiger charge is -2.21. The van der Waals surface area contributed by atoms with Crippen LogP contribution in [-0.4, -0.2) is 27.1 Å². The van der Waals surface area contributed by atoms with Gasteiger partial charge < -0.3 is 14.1 Å². The van der Waals surface area contributed by atoms with Crippen LogP contribution in [0.2, 0.25) is 5.28 Å². The number of nitrogens with zero attached hydrogens (tertiary/aromatic N) is 4. The van der Waals surface area contributed by atoms with Gasteiger partial charge >= 0.3 is 6.01 Å². The second kappa shape index (κ2) is 5.89. The van der Waals surface area contributed by atoms with E-state index < -0.39 is 0 Å². The molecule has 0 aromatic carbocycles. The molecule has 7 heteroatoms. The van der Waals surface area contributed by atoms with Gasteiger partial charge in [-0.05, 0) is 50.4 Å². The first kappa shape index (κ1) is 14.1. The Morgan fingerprint density at radius 1 is 1.38 bits per heavy atom. The molecule has 0 atom stereocenters. The molecular formula is C14H17ClN4O2. The van der Waals surface area contributed by atoms with Crippen molar-refractivity contribution in [2.75, 3.05) is 4.90 Å². The number of ether oxygens (including phenoxy) is 1. The maximum Gasteiger partial charge on any atom is 0.322 e. The van der Waals surface area contributed by atoms with Crippen molar-refractivity contribution in [2.45, 2.75) is 45.4 Å². The lowest BCUT2D eigenvalue weighted by molar-refractivity contribution is 0.221. The summed E-state index contributed by atoms with van der Waals surface area (Å²) in [5.74, 6) is 1.40. The van der Waals surface area contributed by atoms with Crippen LogP contribution < -0.4 is 9.64 Å². The van der Waals surface area contributed by atoms with Gasteiger partial charge in [0.25, 0.3) is 0 Å². The van der Waals surface area contributed by atoms with E-state index in [0.717, 1.165) is 18.6 Å². The zero-order valence-corrected chi connectivity index (χ0v) is 12.7. The Morgan fingerprint density at radius 2 is 2.19 bits per heavy atom. The van der Waals surface area contributed by atoms with Gasteiger partial charge in [-0.2, -0.15) is 15.0 Å². The van der Waals surface area contributed by atoms with Gasteiger partial charge in [0, 0.05) is 6.04 Å². The summed E-state index contributed by atoms with van der Waals surface area (Å²) in [6, 6.07) is 4.48. The minimum Gasteiger partial charge on any atom is -0.467 e. The lowest BCUT2D eigenvalue weighted by Crippen LogP contribution is -2.27. The Bertz CT molecular complexity index is 599. The molecule has 2 aromatic rings. The first-order valence-corrected chi connectivity index (χ1v) is 7.37. The average molecular weight is 309 g/mol. The van der Waals surface area contributed by atoms with E-state index in [2.05, 4.69) is 19.9 Å². The van der Waals surface area contributed by atoms with Crippen LogP contribution >= 0.6 is 11.6 Å². The zero-order chi connectivity index (χ0) is 14.8. The average Bonchev–Trinajstić information content (AvgIpc) is 3.11. The number of anilines is 1. The molecule has 0 bridgehead atoms. The van der Waals surface area contributed by atoms with Crippen molar-refractivity contribution >= 4 is 17.5 Å². The summed E-state index contributed by atoms with van der Waals surface area (Å²) in [6.45, 7) is 4.44. The maximum atomic E-state index is 5.99. The fourth-order valence-electron chi connectivity index (χ4n) is 2.03. The molecule has 2 heterocycles. The number of rotatable bonds is 6. The summed E-state index contributed by atoms with van der Waals surface area (Å²) in [4.78, 5) is 14.7. The van der Waals surface area contributed by atoms with E-state index >= 15 is 0 Å². The second-order valence-electron chi connectivity index (χ2n) is 5.29. The molecular weight excluding hydrogens is 292 g/mol. The smallest absolute Gasteiger partial charge is 0.322 e. The van der Waals surface area contributed by atoms with Gasteiger partial charge in [0.1, 0.15) is 5.76 Å². The molecule has 0 N–H and O–H groups in total. The standard InChI is InChI=1S/C14H17ClN4O2/c1-9(2)21-14-17-12(15)16-13(18-14)19(10-5-6-10)8-11-4-3-7-20-11/h3-4,7,9-10H,5-6,8H2,1-2H3. The van der Waals surface area contributed by atoms with Crippen molar-refractivity contribution in [1.82, 2.24) is 15.0 Å². The topological polar surface area (TPSA) is 64.3 Å². The van der Waals surface area contributed by atoms with E-state index in [0.29, 0.717) is 18.5 Å². The van der Waals surface area contributed by atoms with E-state index in [-0.39, 0.29) is 17.4 Å². The number of hydrogen-bond acceptors (Lipinski definition) is 6. The Morgan fingerprint density at radius 3 is 2.81 bits per heavy atom. The van der Waals surface area contributed by atoms with Crippen LogP contribution in [-0.2, 0) is 6.54 Å². The van der Waals surface area contributed by atoms with Crippen LogP contribution in [0.15, 0.2) is 22.8 Å². The summed E-state index contributed by atoms with van der Waals surface area (Å²) in [6.07, 6.45) is 3.87. The highest BCUT2D eigenvalue weighted by atomic mass is 35.5. The summed E-state index contributed by atoms with van der Waals surface area (Å²) in [7, 11) is 0. The highest BCUT2D eigenvalue weighted by Crippen LogP contribution is 2.32. The molecule has 0 radical (unpaired) electrons. The van der Waals surface area contributed by atoms with E-state index in [9.17, 15) is 0 Å². The third-order valence-electron chi connectivity index (χ3n) is 3.07. The van der Waals surface area contributed by atoms with Gasteiger partial charge in [0.15, 0.2) is 0 Å². The predicted octanol–water partition coefficient (Wildman–Crippen LogP) is 3.07. The van der Waals surface area contributed by atoms with Crippen LogP contribution in [0.4, 0.5) is 5.95 Å². The van der Waals surface area contributed by atoms with Gasteiger partial charge in [-0.3, -0.25) is 0 Å². The largest absolute Gasteiger partial charge is 0.467 e. The van der Waals surface area contributed by atoms with Gasteiger partial charge in [0.05, 0.1) is 18.9 Å². The molecule has 1 aliphatic carbocycles. The van der Waals surface area contributed by atoms with Crippen LogP contribution in [0, 0.1) is 0 Å². The van der Waals surface area contributed by atoms with Crippen molar-refractivity contribution in [3.8, 4) is 6.01 Å². The summed E-state index contributed by atoms with van der Waals surface area (Å²) >= 11 is 5.99.